The monoisotopic (exact) mass is 756 g/mol. The van der Waals surface area contributed by atoms with E-state index in [1.54, 1.807) is 81.5 Å². The Labute approximate surface area is 307 Å². The number of fused-ring (bicyclic) bond motifs is 5. The Morgan fingerprint density at radius 2 is 1.30 bits per heavy atom. The third kappa shape index (κ3) is 6.33. The van der Waals surface area contributed by atoms with Crippen LogP contribution in [0.5, 0.6) is 11.5 Å². The normalized spacial score (nSPS) is 33.3. The van der Waals surface area contributed by atoms with Gasteiger partial charge in [0.25, 0.3) is 0 Å². The third-order valence-electron chi connectivity index (χ3n) is 10.4. The van der Waals surface area contributed by atoms with Crippen LogP contribution in [0.25, 0.3) is 0 Å². The number of para-hydroxylation sites is 2. The number of ether oxygens (including phenoxy) is 2. The first-order valence-electron chi connectivity index (χ1n) is 16.8. The summed E-state index contributed by atoms with van der Waals surface area (Å²) in [6.07, 6.45) is -0.170. The lowest BCUT2D eigenvalue weighted by Crippen LogP contribution is -2.69. The molecule has 0 aliphatic carbocycles. The van der Waals surface area contributed by atoms with Gasteiger partial charge in [-0.15, -0.1) is 23.5 Å². The van der Waals surface area contributed by atoms with E-state index in [9.17, 15) is 19.8 Å². The first-order chi connectivity index (χ1) is 24.3. The number of piperazine rings is 1. The topological polar surface area (TPSA) is 131 Å². The second-order valence-electron chi connectivity index (χ2n) is 13.3. The van der Waals surface area contributed by atoms with Crippen LogP contribution in [-0.2, 0) is 19.1 Å². The molecule has 0 aromatic heterocycles. The SMILES string of the molecule is CN1[C@@H](CN2C(=O)C3CSSCC2C(=O)N3C[C@H]2CS[C@@H]([C@@H]3COC(c4ccccc4O)=N3)N2C)CS[C@@H]1[C@H]1CN=C(c2ccccc2O)O1. The highest BCUT2D eigenvalue weighted by molar-refractivity contribution is 8.76. The smallest absolute Gasteiger partial charge is 0.247 e. The van der Waals surface area contributed by atoms with Crippen LogP contribution in [0.15, 0.2) is 58.5 Å². The number of benzene rings is 2. The molecule has 2 amide bonds. The van der Waals surface area contributed by atoms with Crippen molar-refractivity contribution in [3.63, 3.8) is 0 Å². The number of likely N-dealkylation sites (N-methyl/N-ethyl adjacent to an activating group) is 2. The maximum Gasteiger partial charge on any atom is 0.247 e. The Morgan fingerprint density at radius 1 is 0.760 bits per heavy atom. The highest BCUT2D eigenvalue weighted by Gasteiger charge is 2.51. The van der Waals surface area contributed by atoms with Gasteiger partial charge in [-0.1, -0.05) is 45.9 Å². The molecule has 2 bridgehead atoms. The van der Waals surface area contributed by atoms with Gasteiger partial charge in [0.2, 0.25) is 23.6 Å². The Balaban J connectivity index is 0.908. The maximum atomic E-state index is 14.3. The average molecular weight is 757 g/mol. The van der Waals surface area contributed by atoms with Gasteiger partial charge < -0.3 is 29.5 Å². The molecule has 5 saturated heterocycles. The summed E-state index contributed by atoms with van der Waals surface area (Å²) < 4.78 is 12.2. The quantitative estimate of drug-likeness (QED) is 0.385. The maximum absolute atomic E-state index is 14.3. The van der Waals surface area contributed by atoms with E-state index in [2.05, 4.69) is 28.9 Å². The van der Waals surface area contributed by atoms with E-state index in [0.29, 0.717) is 60.7 Å². The van der Waals surface area contributed by atoms with Crippen LogP contribution in [0, 0.1) is 0 Å². The Morgan fingerprint density at radius 3 is 1.90 bits per heavy atom. The van der Waals surface area contributed by atoms with Crippen LogP contribution in [-0.4, -0.2) is 164 Å². The molecule has 2 aromatic carbocycles. The summed E-state index contributed by atoms with van der Waals surface area (Å²) in [7, 11) is 7.50. The van der Waals surface area contributed by atoms with E-state index in [1.165, 1.54) is 0 Å². The van der Waals surface area contributed by atoms with Gasteiger partial charge >= 0.3 is 0 Å². The minimum absolute atomic E-state index is 0.0393. The van der Waals surface area contributed by atoms with Gasteiger partial charge in [-0.05, 0) is 38.4 Å². The number of amides is 2. The minimum atomic E-state index is -0.503. The lowest BCUT2D eigenvalue weighted by molar-refractivity contribution is -0.161. The predicted octanol–water partition coefficient (Wildman–Crippen LogP) is 2.64. The molecule has 7 aliphatic rings. The number of aliphatic imine (C=N–C) groups is 2. The van der Waals surface area contributed by atoms with E-state index in [1.807, 2.05) is 21.9 Å². The van der Waals surface area contributed by atoms with E-state index in [-0.39, 0.29) is 58.3 Å². The van der Waals surface area contributed by atoms with E-state index < -0.39 is 12.1 Å². The average Bonchev–Trinajstić information content (AvgIpc) is 3.92. The molecule has 2 aromatic rings. The molecule has 5 fully saturated rings. The number of aromatic hydroxyl groups is 2. The Kier molecular flexibility index (Phi) is 9.85. The van der Waals surface area contributed by atoms with E-state index in [4.69, 9.17) is 14.5 Å². The second kappa shape index (κ2) is 14.3. The Hall–Kier alpha value is -2.76. The van der Waals surface area contributed by atoms with Crippen molar-refractivity contribution in [2.45, 2.75) is 47.1 Å². The largest absolute Gasteiger partial charge is 0.507 e. The van der Waals surface area contributed by atoms with Crippen molar-refractivity contribution >= 4 is 68.7 Å². The molecule has 9 rings (SSSR count). The number of phenols is 2. The molecule has 7 aliphatic heterocycles. The summed E-state index contributed by atoms with van der Waals surface area (Å²) in [5, 5.41) is 20.7. The second-order valence-corrected chi connectivity index (χ2v) is 18.2. The summed E-state index contributed by atoms with van der Waals surface area (Å²) in [4.78, 5) is 46.2. The summed E-state index contributed by atoms with van der Waals surface area (Å²) >= 11 is 3.60. The zero-order chi connectivity index (χ0) is 34.5. The van der Waals surface area contributed by atoms with Gasteiger partial charge in [0.15, 0.2) is 0 Å². The highest BCUT2D eigenvalue weighted by atomic mass is 33.1. The van der Waals surface area contributed by atoms with Crippen molar-refractivity contribution in [1.82, 2.24) is 19.6 Å². The number of carbonyl (C=O) groups excluding carboxylic acids is 2. The zero-order valence-electron chi connectivity index (χ0n) is 27.7. The van der Waals surface area contributed by atoms with Crippen molar-refractivity contribution in [2.24, 2.45) is 9.98 Å². The summed E-state index contributed by atoms with van der Waals surface area (Å²) in [5.74, 6) is 4.06. The number of hydrogen-bond acceptors (Lipinski definition) is 14. The molecule has 12 nitrogen and oxygen atoms in total. The molecule has 266 valence electrons. The lowest BCUT2D eigenvalue weighted by Gasteiger charge is -2.48. The van der Waals surface area contributed by atoms with Crippen molar-refractivity contribution in [3.8, 4) is 11.5 Å². The Bertz CT molecular complexity index is 1700. The molecule has 50 heavy (non-hydrogen) atoms. The van der Waals surface area contributed by atoms with E-state index in [0.717, 1.165) is 11.5 Å². The molecule has 2 unspecified atom stereocenters. The van der Waals surface area contributed by atoms with Crippen LogP contribution in [0.1, 0.15) is 11.1 Å². The van der Waals surface area contributed by atoms with Crippen molar-refractivity contribution in [3.05, 3.63) is 59.7 Å². The molecule has 0 saturated carbocycles. The first kappa shape index (κ1) is 34.3. The fraction of sp³-hybridized carbons (Fsp3) is 0.529. The summed E-state index contributed by atoms with van der Waals surface area (Å²) in [6, 6.07) is 13.2. The van der Waals surface area contributed by atoms with Gasteiger partial charge in [0.1, 0.15) is 42.3 Å². The fourth-order valence-corrected chi connectivity index (χ4v) is 13.0. The van der Waals surface area contributed by atoms with E-state index >= 15 is 0 Å². The third-order valence-corrected chi connectivity index (χ3v) is 15.9. The fourth-order valence-electron chi connectivity index (χ4n) is 7.49. The number of thioether (sulfide) groups is 2. The van der Waals surface area contributed by atoms with Gasteiger partial charge in [0, 0.05) is 48.2 Å². The molecule has 2 N–H and O–H groups in total. The zero-order valence-corrected chi connectivity index (χ0v) is 31.0. The highest BCUT2D eigenvalue weighted by Crippen LogP contribution is 2.40. The van der Waals surface area contributed by atoms with Crippen LogP contribution >= 0.6 is 45.1 Å². The molecule has 0 spiro atoms. The number of carbonyl (C=O) groups is 2. The van der Waals surface area contributed by atoms with Crippen LogP contribution < -0.4 is 0 Å². The van der Waals surface area contributed by atoms with Crippen molar-refractivity contribution < 1.29 is 29.3 Å². The van der Waals surface area contributed by atoms with Crippen LogP contribution in [0.3, 0.4) is 0 Å². The minimum Gasteiger partial charge on any atom is -0.507 e. The van der Waals surface area contributed by atoms with Gasteiger partial charge in [0.05, 0.1) is 28.4 Å². The van der Waals surface area contributed by atoms with Crippen molar-refractivity contribution in [2.75, 3.05) is 63.3 Å². The summed E-state index contributed by atoms with van der Waals surface area (Å²) in [5.41, 5.74) is 1.19. The number of nitrogens with zero attached hydrogens (tertiary/aromatic N) is 6. The lowest BCUT2D eigenvalue weighted by atomic mass is 10.0. The summed E-state index contributed by atoms with van der Waals surface area (Å²) in [6.45, 7) is 1.91. The molecule has 7 heterocycles. The van der Waals surface area contributed by atoms with Gasteiger partial charge in [-0.3, -0.25) is 19.4 Å². The predicted molar refractivity (Wildman–Crippen MR) is 200 cm³/mol. The number of rotatable bonds is 8. The molecular weight excluding hydrogens is 717 g/mol. The standard InChI is InChI=1S/C34H40N6O6S4/c1-37-19(15-47-33(37)23-14-45-30(36-23)22-8-4-6-10-27(22)42)12-39-24-17-49-50-18-25(31(39)43)40(32(24)44)13-20-16-48-34(38(20)2)28-11-35-29(46-28)21-7-3-5-9-26(21)41/h3-10,19-20,23-25,28,33-34,41-42H,11-18H2,1-2H3/t19-,20-,23-,24?,25?,28+,33-,34+/m0/s1. The molecule has 0 radical (unpaired) electrons. The van der Waals surface area contributed by atoms with Crippen LogP contribution in [0.2, 0.25) is 0 Å². The van der Waals surface area contributed by atoms with Gasteiger partial charge in [-0.25, -0.2) is 9.98 Å². The molecule has 16 heteroatoms. The van der Waals surface area contributed by atoms with Crippen molar-refractivity contribution in [1.29, 1.82) is 0 Å². The molecular formula is C34H40N6O6S4. The first-order valence-corrected chi connectivity index (χ1v) is 21.4. The number of phenolic OH excluding ortho intramolecular Hbond substituents is 2. The molecule has 8 atom stereocenters. The van der Waals surface area contributed by atoms with Gasteiger partial charge in [-0.2, -0.15) is 0 Å². The number of hydrogen-bond donors (Lipinski definition) is 2. The van der Waals surface area contributed by atoms with Crippen LogP contribution in [0.4, 0.5) is 0 Å².